The molecule has 0 aromatic carbocycles. The summed E-state index contributed by atoms with van der Waals surface area (Å²) < 4.78 is 5.05. The van der Waals surface area contributed by atoms with Crippen molar-refractivity contribution in [3.8, 4) is 10.7 Å². The molecule has 0 fully saturated rings. The van der Waals surface area contributed by atoms with Gasteiger partial charge in [-0.1, -0.05) is 11.2 Å². The van der Waals surface area contributed by atoms with Gasteiger partial charge in [-0.15, -0.1) is 11.3 Å². The van der Waals surface area contributed by atoms with Crippen LogP contribution in [0.25, 0.3) is 10.7 Å². The maximum Gasteiger partial charge on any atom is 0.323 e. The number of nitrogens with zero attached hydrogens (tertiary/aromatic N) is 2. The Kier molecular flexibility index (Phi) is 3.44. The molecule has 0 atom stereocenters. The number of carboxylic acids is 1. The molecule has 2 aromatic rings. The lowest BCUT2D eigenvalue weighted by Gasteiger charge is -2.19. The molecular weight excluding hydrogens is 254 g/mol. The molecule has 0 saturated heterocycles. The number of hydrogen-bond acceptors (Lipinski definition) is 6. The summed E-state index contributed by atoms with van der Waals surface area (Å²) in [7, 11) is 0. The number of rotatable bonds is 5. The van der Waals surface area contributed by atoms with Gasteiger partial charge in [-0.05, 0) is 25.3 Å². The standard InChI is InChI=1S/C11H13N3O3S/c1-11(2,10(15)16)12-6-8-13-9(14-17-8)7-4-3-5-18-7/h3-5,12H,6H2,1-2H3,(H,15,16). The van der Waals surface area contributed by atoms with Crippen LogP contribution in [0.3, 0.4) is 0 Å². The Hall–Kier alpha value is -1.73. The number of carbonyl (C=O) groups is 1. The molecule has 0 spiro atoms. The fourth-order valence-electron chi connectivity index (χ4n) is 1.20. The number of carboxylic acid groups (broad SMARTS) is 1. The molecule has 0 saturated carbocycles. The van der Waals surface area contributed by atoms with E-state index in [0.29, 0.717) is 11.7 Å². The van der Waals surface area contributed by atoms with Crippen molar-refractivity contribution >= 4 is 17.3 Å². The van der Waals surface area contributed by atoms with Crippen LogP contribution in [0.15, 0.2) is 22.0 Å². The molecule has 2 heterocycles. The van der Waals surface area contributed by atoms with Crippen molar-refractivity contribution in [2.75, 3.05) is 0 Å². The van der Waals surface area contributed by atoms with E-state index in [2.05, 4.69) is 15.5 Å². The van der Waals surface area contributed by atoms with E-state index >= 15 is 0 Å². The predicted molar refractivity (Wildman–Crippen MR) is 66.2 cm³/mol. The Balaban J connectivity index is 2.02. The van der Waals surface area contributed by atoms with E-state index in [1.807, 2.05) is 17.5 Å². The lowest BCUT2D eigenvalue weighted by atomic mass is 10.1. The van der Waals surface area contributed by atoms with Crippen molar-refractivity contribution in [1.29, 1.82) is 0 Å². The van der Waals surface area contributed by atoms with Crippen LogP contribution < -0.4 is 5.32 Å². The van der Waals surface area contributed by atoms with Crippen LogP contribution in [-0.2, 0) is 11.3 Å². The molecule has 6 nitrogen and oxygen atoms in total. The molecule has 96 valence electrons. The third-order valence-electron chi connectivity index (χ3n) is 2.43. The van der Waals surface area contributed by atoms with Gasteiger partial charge in [0.15, 0.2) is 0 Å². The molecule has 2 rings (SSSR count). The third kappa shape index (κ3) is 2.74. The van der Waals surface area contributed by atoms with Crippen LogP contribution in [0.5, 0.6) is 0 Å². The highest BCUT2D eigenvalue weighted by Gasteiger charge is 2.26. The van der Waals surface area contributed by atoms with Crippen LogP contribution in [0.2, 0.25) is 0 Å². The van der Waals surface area contributed by atoms with E-state index in [0.717, 1.165) is 4.88 Å². The fourth-order valence-corrected chi connectivity index (χ4v) is 1.85. The van der Waals surface area contributed by atoms with Crippen molar-refractivity contribution < 1.29 is 14.4 Å². The highest BCUT2D eigenvalue weighted by Crippen LogP contribution is 2.21. The van der Waals surface area contributed by atoms with Crippen LogP contribution in [0, 0.1) is 0 Å². The first-order valence-electron chi connectivity index (χ1n) is 5.34. The SMILES string of the molecule is CC(C)(NCc1nc(-c2cccs2)no1)C(=O)O. The molecule has 0 aliphatic carbocycles. The summed E-state index contributed by atoms with van der Waals surface area (Å²) >= 11 is 1.52. The van der Waals surface area contributed by atoms with E-state index in [-0.39, 0.29) is 6.54 Å². The molecule has 2 N–H and O–H groups in total. The van der Waals surface area contributed by atoms with E-state index in [1.165, 1.54) is 11.3 Å². The minimum absolute atomic E-state index is 0.220. The summed E-state index contributed by atoms with van der Waals surface area (Å²) in [5.41, 5.74) is -1.03. The molecule has 2 aromatic heterocycles. The van der Waals surface area contributed by atoms with Gasteiger partial charge >= 0.3 is 5.97 Å². The zero-order valence-corrected chi connectivity index (χ0v) is 10.8. The second-order valence-electron chi connectivity index (χ2n) is 4.27. The monoisotopic (exact) mass is 267 g/mol. The Bertz CT molecular complexity index is 533. The summed E-state index contributed by atoms with van der Waals surface area (Å²) in [5.74, 6) is -0.0387. The lowest BCUT2D eigenvalue weighted by molar-refractivity contribution is -0.143. The van der Waals surface area contributed by atoms with Crippen molar-refractivity contribution in [2.45, 2.75) is 25.9 Å². The highest BCUT2D eigenvalue weighted by atomic mass is 32.1. The average molecular weight is 267 g/mol. The van der Waals surface area contributed by atoms with Gasteiger partial charge in [0.25, 0.3) is 0 Å². The third-order valence-corrected chi connectivity index (χ3v) is 3.29. The van der Waals surface area contributed by atoms with E-state index in [4.69, 9.17) is 9.63 Å². The van der Waals surface area contributed by atoms with Crippen molar-refractivity contribution in [2.24, 2.45) is 0 Å². The average Bonchev–Trinajstić information content (AvgIpc) is 2.97. The number of aromatic nitrogens is 2. The molecule has 0 bridgehead atoms. The molecule has 0 unspecified atom stereocenters. The predicted octanol–water partition coefficient (Wildman–Crippen LogP) is 1.75. The van der Waals surface area contributed by atoms with Gasteiger partial charge in [-0.3, -0.25) is 10.1 Å². The number of hydrogen-bond donors (Lipinski definition) is 2. The Labute approximate surface area is 108 Å². The Morgan fingerprint density at radius 3 is 3.00 bits per heavy atom. The van der Waals surface area contributed by atoms with Crippen LogP contribution in [0.4, 0.5) is 0 Å². The van der Waals surface area contributed by atoms with Gasteiger partial charge in [-0.2, -0.15) is 4.98 Å². The van der Waals surface area contributed by atoms with Crippen LogP contribution >= 0.6 is 11.3 Å². The smallest absolute Gasteiger partial charge is 0.323 e. The van der Waals surface area contributed by atoms with Gasteiger partial charge in [0.1, 0.15) is 5.54 Å². The number of thiophene rings is 1. The zero-order valence-electron chi connectivity index (χ0n) is 10.0. The van der Waals surface area contributed by atoms with E-state index < -0.39 is 11.5 Å². The summed E-state index contributed by atoms with van der Waals surface area (Å²) in [5, 5.41) is 17.6. The zero-order chi connectivity index (χ0) is 13.2. The van der Waals surface area contributed by atoms with Crippen LogP contribution in [0.1, 0.15) is 19.7 Å². The molecule has 0 radical (unpaired) electrons. The first-order valence-corrected chi connectivity index (χ1v) is 6.22. The minimum Gasteiger partial charge on any atom is -0.480 e. The van der Waals surface area contributed by atoms with E-state index in [1.54, 1.807) is 13.8 Å². The number of nitrogens with one attached hydrogen (secondary N) is 1. The second-order valence-corrected chi connectivity index (χ2v) is 5.22. The summed E-state index contributed by atoms with van der Waals surface area (Å²) in [4.78, 5) is 16.0. The summed E-state index contributed by atoms with van der Waals surface area (Å²) in [6, 6.07) is 3.80. The highest BCUT2D eigenvalue weighted by molar-refractivity contribution is 7.13. The molecule has 7 heteroatoms. The van der Waals surface area contributed by atoms with Gasteiger partial charge in [-0.25, -0.2) is 0 Å². The lowest BCUT2D eigenvalue weighted by Crippen LogP contribution is -2.46. The molecule has 0 amide bonds. The van der Waals surface area contributed by atoms with Gasteiger partial charge in [0.2, 0.25) is 11.7 Å². The molecule has 0 aliphatic rings. The van der Waals surface area contributed by atoms with Crippen LogP contribution in [-0.4, -0.2) is 26.8 Å². The largest absolute Gasteiger partial charge is 0.480 e. The van der Waals surface area contributed by atoms with Crippen molar-refractivity contribution in [3.63, 3.8) is 0 Å². The topological polar surface area (TPSA) is 88.3 Å². The maximum atomic E-state index is 10.9. The maximum absolute atomic E-state index is 10.9. The number of aliphatic carboxylic acids is 1. The normalized spacial score (nSPS) is 11.7. The minimum atomic E-state index is -1.03. The molecular formula is C11H13N3O3S. The molecule has 0 aliphatic heterocycles. The Morgan fingerprint density at radius 2 is 2.39 bits per heavy atom. The first kappa shape index (κ1) is 12.7. The van der Waals surface area contributed by atoms with Gasteiger partial charge < -0.3 is 9.63 Å². The van der Waals surface area contributed by atoms with Gasteiger partial charge in [0, 0.05) is 0 Å². The quantitative estimate of drug-likeness (QED) is 0.858. The summed E-state index contributed by atoms with van der Waals surface area (Å²) in [6.45, 7) is 3.37. The van der Waals surface area contributed by atoms with Crippen molar-refractivity contribution in [1.82, 2.24) is 15.5 Å². The molecule has 18 heavy (non-hydrogen) atoms. The summed E-state index contributed by atoms with van der Waals surface area (Å²) in [6.07, 6.45) is 0. The Morgan fingerprint density at radius 1 is 1.61 bits per heavy atom. The second kappa shape index (κ2) is 4.87. The van der Waals surface area contributed by atoms with Gasteiger partial charge in [0.05, 0.1) is 11.4 Å². The fraction of sp³-hybridized carbons (Fsp3) is 0.364. The first-order chi connectivity index (χ1) is 8.49. The van der Waals surface area contributed by atoms with E-state index in [9.17, 15) is 4.79 Å². The van der Waals surface area contributed by atoms with Crippen molar-refractivity contribution in [3.05, 3.63) is 23.4 Å².